The highest BCUT2D eigenvalue weighted by Crippen LogP contribution is 2.31. The van der Waals surface area contributed by atoms with Gasteiger partial charge in [-0.25, -0.2) is 0 Å². The van der Waals surface area contributed by atoms with Crippen LogP contribution in [0.5, 0.6) is 0 Å². The Hall–Kier alpha value is -1.57. The highest BCUT2D eigenvalue weighted by Gasteiger charge is 2.28. The summed E-state index contributed by atoms with van der Waals surface area (Å²) in [5, 5.41) is 0. The van der Waals surface area contributed by atoms with Gasteiger partial charge in [0.15, 0.2) is 0 Å². The number of nitrogens with zero attached hydrogens (tertiary/aromatic N) is 1. The van der Waals surface area contributed by atoms with Crippen LogP contribution in [0, 0.1) is 0 Å². The number of amides is 1. The van der Waals surface area contributed by atoms with E-state index in [0.29, 0.717) is 0 Å². The number of fused-ring (bicyclic) bond motifs is 1. The van der Waals surface area contributed by atoms with Crippen LogP contribution in [0.15, 0.2) is 36.4 Å². The van der Waals surface area contributed by atoms with E-state index in [-0.39, 0.29) is 11.9 Å². The molecule has 0 fully saturated rings. The molecule has 2 nitrogen and oxygen atoms in total. The number of allylic oxidation sites excluding steroid dienone is 1. The second-order valence-electron chi connectivity index (χ2n) is 3.89. The van der Waals surface area contributed by atoms with E-state index in [0.717, 1.165) is 12.1 Å². The minimum Gasteiger partial charge on any atom is -0.306 e. The molecule has 0 bridgehead atoms. The standard InChI is InChI=1S/C13H15NO/c1-3-6-13(15)14-10(2)9-11-7-4-5-8-12(11)14/h3-8,10H,9H2,1-2H3. The molecule has 15 heavy (non-hydrogen) atoms. The quantitative estimate of drug-likeness (QED) is 0.639. The van der Waals surface area contributed by atoms with E-state index in [4.69, 9.17) is 0 Å². The third-order valence-electron chi connectivity index (χ3n) is 2.75. The molecule has 2 rings (SSSR count). The monoisotopic (exact) mass is 201 g/mol. The summed E-state index contributed by atoms with van der Waals surface area (Å²) in [5.41, 5.74) is 2.33. The van der Waals surface area contributed by atoms with Gasteiger partial charge in [0.25, 0.3) is 5.91 Å². The first-order chi connectivity index (χ1) is 7.24. The fourth-order valence-electron chi connectivity index (χ4n) is 2.12. The van der Waals surface area contributed by atoms with Crippen molar-refractivity contribution in [2.75, 3.05) is 4.90 Å². The van der Waals surface area contributed by atoms with Gasteiger partial charge in [-0.1, -0.05) is 24.3 Å². The molecule has 0 saturated carbocycles. The van der Waals surface area contributed by atoms with Gasteiger partial charge in [0, 0.05) is 11.7 Å². The second-order valence-corrected chi connectivity index (χ2v) is 3.89. The molecule has 0 aliphatic carbocycles. The highest BCUT2D eigenvalue weighted by molar-refractivity contribution is 6.03. The number of benzene rings is 1. The summed E-state index contributed by atoms with van der Waals surface area (Å²) in [6.45, 7) is 3.95. The summed E-state index contributed by atoms with van der Waals surface area (Å²) >= 11 is 0. The number of hydrogen-bond donors (Lipinski definition) is 0. The molecular weight excluding hydrogens is 186 g/mol. The molecule has 0 spiro atoms. The van der Waals surface area contributed by atoms with Crippen molar-refractivity contribution in [1.82, 2.24) is 0 Å². The van der Waals surface area contributed by atoms with Gasteiger partial charge < -0.3 is 4.90 Å². The maximum absolute atomic E-state index is 11.9. The first kappa shape index (κ1) is 9.97. The molecule has 2 heteroatoms. The maximum Gasteiger partial charge on any atom is 0.250 e. The number of carbonyl (C=O) groups is 1. The van der Waals surface area contributed by atoms with Gasteiger partial charge in [-0.15, -0.1) is 0 Å². The smallest absolute Gasteiger partial charge is 0.250 e. The topological polar surface area (TPSA) is 20.3 Å². The summed E-state index contributed by atoms with van der Waals surface area (Å²) in [6, 6.07) is 8.38. The highest BCUT2D eigenvalue weighted by atomic mass is 16.2. The molecular formula is C13H15NO. The van der Waals surface area contributed by atoms with Crippen LogP contribution in [0.3, 0.4) is 0 Å². The van der Waals surface area contributed by atoms with Crippen molar-refractivity contribution in [1.29, 1.82) is 0 Å². The fourth-order valence-corrected chi connectivity index (χ4v) is 2.12. The van der Waals surface area contributed by atoms with Crippen molar-refractivity contribution in [2.24, 2.45) is 0 Å². The lowest BCUT2D eigenvalue weighted by Gasteiger charge is -2.20. The van der Waals surface area contributed by atoms with Crippen molar-refractivity contribution < 1.29 is 4.79 Å². The van der Waals surface area contributed by atoms with Gasteiger partial charge in [0.05, 0.1) is 0 Å². The summed E-state index contributed by atoms with van der Waals surface area (Å²) in [5.74, 6) is 0.0787. The third kappa shape index (κ3) is 1.67. The summed E-state index contributed by atoms with van der Waals surface area (Å²) in [6.07, 6.45) is 4.37. The Morgan fingerprint density at radius 1 is 1.47 bits per heavy atom. The number of carbonyl (C=O) groups excluding carboxylic acids is 1. The zero-order chi connectivity index (χ0) is 10.8. The number of rotatable bonds is 1. The van der Waals surface area contributed by atoms with Crippen molar-refractivity contribution in [2.45, 2.75) is 26.3 Å². The number of hydrogen-bond acceptors (Lipinski definition) is 1. The molecule has 0 saturated heterocycles. The predicted molar refractivity (Wildman–Crippen MR) is 61.9 cm³/mol. The fraction of sp³-hybridized carbons (Fsp3) is 0.308. The van der Waals surface area contributed by atoms with Crippen LogP contribution in [0.25, 0.3) is 0 Å². The van der Waals surface area contributed by atoms with Crippen LogP contribution in [-0.2, 0) is 11.2 Å². The molecule has 1 unspecified atom stereocenters. The van der Waals surface area contributed by atoms with Crippen LogP contribution in [-0.4, -0.2) is 11.9 Å². The number of anilines is 1. The Kier molecular flexibility index (Phi) is 2.58. The van der Waals surface area contributed by atoms with Crippen LogP contribution >= 0.6 is 0 Å². The Labute approximate surface area is 90.2 Å². The Bertz CT molecular complexity index is 409. The molecule has 0 aromatic heterocycles. The summed E-state index contributed by atoms with van der Waals surface area (Å²) < 4.78 is 0. The van der Waals surface area contributed by atoms with E-state index in [2.05, 4.69) is 13.0 Å². The molecule has 1 atom stereocenters. The van der Waals surface area contributed by atoms with Gasteiger partial charge in [-0.2, -0.15) is 0 Å². The molecule has 78 valence electrons. The van der Waals surface area contributed by atoms with E-state index in [1.165, 1.54) is 5.56 Å². The van der Waals surface area contributed by atoms with Crippen molar-refractivity contribution >= 4 is 11.6 Å². The molecule has 1 heterocycles. The SMILES string of the molecule is CC=CC(=O)N1c2ccccc2CC1C. The van der Waals surface area contributed by atoms with Crippen LogP contribution in [0.2, 0.25) is 0 Å². The zero-order valence-electron chi connectivity index (χ0n) is 9.10. The molecule has 0 N–H and O–H groups in total. The number of para-hydroxylation sites is 1. The summed E-state index contributed by atoms with van der Waals surface area (Å²) in [7, 11) is 0. The van der Waals surface area contributed by atoms with Crippen LogP contribution in [0.1, 0.15) is 19.4 Å². The van der Waals surface area contributed by atoms with Crippen LogP contribution in [0.4, 0.5) is 5.69 Å². The van der Waals surface area contributed by atoms with Crippen LogP contribution < -0.4 is 4.90 Å². The zero-order valence-corrected chi connectivity index (χ0v) is 9.10. The van der Waals surface area contributed by atoms with Gasteiger partial charge in [-0.3, -0.25) is 4.79 Å². The Morgan fingerprint density at radius 3 is 2.93 bits per heavy atom. The average Bonchev–Trinajstić information content (AvgIpc) is 2.54. The van der Waals surface area contributed by atoms with Gasteiger partial charge >= 0.3 is 0 Å². The Morgan fingerprint density at radius 2 is 2.20 bits per heavy atom. The molecule has 1 aromatic rings. The maximum atomic E-state index is 11.9. The third-order valence-corrected chi connectivity index (χ3v) is 2.75. The molecule has 0 radical (unpaired) electrons. The minimum atomic E-state index is 0.0787. The van der Waals surface area contributed by atoms with Gasteiger partial charge in [-0.05, 0) is 38.0 Å². The van der Waals surface area contributed by atoms with Crippen molar-refractivity contribution in [3.63, 3.8) is 0 Å². The minimum absolute atomic E-state index is 0.0787. The van der Waals surface area contributed by atoms with Gasteiger partial charge in [0.2, 0.25) is 0 Å². The van der Waals surface area contributed by atoms with E-state index in [1.807, 2.05) is 30.0 Å². The van der Waals surface area contributed by atoms with Crippen molar-refractivity contribution in [3.05, 3.63) is 42.0 Å². The Balaban J connectivity index is 2.37. The summed E-state index contributed by atoms with van der Waals surface area (Å²) in [4.78, 5) is 13.7. The lowest BCUT2D eigenvalue weighted by atomic mass is 10.1. The largest absolute Gasteiger partial charge is 0.306 e. The molecule has 1 aliphatic heterocycles. The van der Waals surface area contributed by atoms with E-state index < -0.39 is 0 Å². The van der Waals surface area contributed by atoms with Gasteiger partial charge in [0.1, 0.15) is 0 Å². The molecule has 1 aliphatic rings. The normalized spacial score (nSPS) is 19.6. The van der Waals surface area contributed by atoms with E-state index >= 15 is 0 Å². The first-order valence-electron chi connectivity index (χ1n) is 5.28. The second kappa shape index (κ2) is 3.89. The van der Waals surface area contributed by atoms with Crippen molar-refractivity contribution in [3.8, 4) is 0 Å². The predicted octanol–water partition coefficient (Wildman–Crippen LogP) is 2.54. The van der Waals surface area contributed by atoms with E-state index in [1.54, 1.807) is 12.2 Å². The first-order valence-corrected chi connectivity index (χ1v) is 5.28. The molecule has 1 aromatic carbocycles. The average molecular weight is 201 g/mol. The van der Waals surface area contributed by atoms with E-state index in [9.17, 15) is 4.79 Å². The molecule has 1 amide bonds. The lowest BCUT2D eigenvalue weighted by Crippen LogP contribution is -2.34. The lowest BCUT2D eigenvalue weighted by molar-refractivity contribution is -0.114.